The molecule has 3 heterocycles. The molecule has 0 bridgehead atoms. The van der Waals surface area contributed by atoms with Crippen molar-refractivity contribution in [1.29, 1.82) is 0 Å². The van der Waals surface area contributed by atoms with Gasteiger partial charge in [-0.15, -0.1) is 0 Å². The van der Waals surface area contributed by atoms with Gasteiger partial charge in [-0.25, -0.2) is 17.8 Å². The van der Waals surface area contributed by atoms with Gasteiger partial charge in [0.05, 0.1) is 49.6 Å². The van der Waals surface area contributed by atoms with Gasteiger partial charge in [0.25, 0.3) is 0 Å². The van der Waals surface area contributed by atoms with E-state index in [-0.39, 0.29) is 35.4 Å². The lowest BCUT2D eigenvalue weighted by atomic mass is 10.2. The lowest BCUT2D eigenvalue weighted by Gasteiger charge is -2.23. The Bertz CT molecular complexity index is 1260. The Kier molecular flexibility index (Phi) is 6.75. The van der Waals surface area contributed by atoms with Gasteiger partial charge in [-0.05, 0) is 55.5 Å². The third kappa shape index (κ3) is 5.65. The fourth-order valence-electron chi connectivity index (χ4n) is 4.40. The Labute approximate surface area is 203 Å². The molecule has 1 aliphatic carbocycles. The van der Waals surface area contributed by atoms with Crippen LogP contribution in [0.25, 0.3) is 0 Å². The van der Waals surface area contributed by atoms with Crippen LogP contribution < -0.4 is 0 Å². The van der Waals surface area contributed by atoms with Crippen LogP contribution in [0.3, 0.4) is 0 Å². The SMILES string of the molecule is O=C(C1CC1)N(Cc1ccco1)Cc1cnc(S(=O)(=O)Cc2ccc(F)cc2)n1C[C@H]1CCCO1. The highest BCUT2D eigenvalue weighted by Gasteiger charge is 2.35. The number of imidazole rings is 1. The Morgan fingerprint density at radius 3 is 2.60 bits per heavy atom. The monoisotopic (exact) mass is 501 g/mol. The number of furan rings is 1. The minimum Gasteiger partial charge on any atom is -0.467 e. The smallest absolute Gasteiger partial charge is 0.228 e. The van der Waals surface area contributed by atoms with Gasteiger partial charge in [0, 0.05) is 12.5 Å². The van der Waals surface area contributed by atoms with E-state index < -0.39 is 15.7 Å². The van der Waals surface area contributed by atoms with Gasteiger partial charge in [-0.1, -0.05) is 12.1 Å². The summed E-state index contributed by atoms with van der Waals surface area (Å²) in [5.41, 5.74) is 1.10. The van der Waals surface area contributed by atoms with Crippen molar-refractivity contribution in [3.05, 3.63) is 71.7 Å². The van der Waals surface area contributed by atoms with Crippen molar-refractivity contribution in [2.75, 3.05) is 6.61 Å². The van der Waals surface area contributed by atoms with Crippen LogP contribution in [-0.4, -0.2) is 41.5 Å². The molecule has 8 nitrogen and oxygen atoms in total. The zero-order valence-electron chi connectivity index (χ0n) is 19.3. The van der Waals surface area contributed by atoms with Gasteiger partial charge in [-0.2, -0.15) is 0 Å². The normalized spacial score (nSPS) is 18.1. The molecule has 2 aromatic heterocycles. The molecule has 10 heteroatoms. The van der Waals surface area contributed by atoms with Crippen molar-refractivity contribution < 1.29 is 26.8 Å². The maximum atomic E-state index is 13.4. The van der Waals surface area contributed by atoms with Gasteiger partial charge in [0.1, 0.15) is 11.6 Å². The average Bonchev–Trinajstić information content (AvgIpc) is 3.18. The van der Waals surface area contributed by atoms with Crippen LogP contribution in [0.1, 0.15) is 42.7 Å². The van der Waals surface area contributed by atoms with Gasteiger partial charge in [-0.3, -0.25) is 4.79 Å². The molecule has 1 aliphatic heterocycles. The summed E-state index contributed by atoms with van der Waals surface area (Å²) in [7, 11) is -3.84. The summed E-state index contributed by atoms with van der Waals surface area (Å²) in [6.07, 6.45) is 6.43. The Balaban J connectivity index is 1.45. The number of carbonyl (C=O) groups is 1. The highest BCUT2D eigenvalue weighted by atomic mass is 32.2. The van der Waals surface area contributed by atoms with E-state index >= 15 is 0 Å². The predicted octanol–water partition coefficient (Wildman–Crippen LogP) is 3.71. The van der Waals surface area contributed by atoms with Gasteiger partial charge in [0.15, 0.2) is 0 Å². The predicted molar refractivity (Wildman–Crippen MR) is 124 cm³/mol. The lowest BCUT2D eigenvalue weighted by Crippen LogP contribution is -2.33. The largest absolute Gasteiger partial charge is 0.467 e. The van der Waals surface area contributed by atoms with Crippen molar-refractivity contribution in [1.82, 2.24) is 14.5 Å². The average molecular weight is 502 g/mol. The maximum Gasteiger partial charge on any atom is 0.228 e. The summed E-state index contributed by atoms with van der Waals surface area (Å²) in [5, 5.41) is -0.0656. The van der Waals surface area contributed by atoms with E-state index in [2.05, 4.69) is 4.98 Å². The van der Waals surface area contributed by atoms with Crippen molar-refractivity contribution in [2.45, 2.75) is 62.3 Å². The quantitative estimate of drug-likeness (QED) is 0.420. The highest BCUT2D eigenvalue weighted by molar-refractivity contribution is 7.90. The second kappa shape index (κ2) is 9.94. The molecular weight excluding hydrogens is 473 g/mol. The van der Waals surface area contributed by atoms with E-state index in [0.29, 0.717) is 36.7 Å². The summed E-state index contributed by atoms with van der Waals surface area (Å²) in [6.45, 7) is 1.48. The minimum absolute atomic E-state index is 0.00109. The molecule has 2 fully saturated rings. The number of hydrogen-bond acceptors (Lipinski definition) is 6. The summed E-state index contributed by atoms with van der Waals surface area (Å²) >= 11 is 0. The molecule has 1 amide bonds. The molecule has 3 aromatic rings. The van der Waals surface area contributed by atoms with Crippen LogP contribution >= 0.6 is 0 Å². The molecule has 0 radical (unpaired) electrons. The van der Waals surface area contributed by atoms with E-state index in [1.54, 1.807) is 21.8 Å². The molecule has 2 aliphatic rings. The number of carbonyl (C=O) groups excluding carboxylic acids is 1. The first-order valence-corrected chi connectivity index (χ1v) is 13.5. The van der Waals surface area contributed by atoms with Crippen LogP contribution in [0, 0.1) is 11.7 Å². The second-order valence-electron chi connectivity index (χ2n) is 9.21. The van der Waals surface area contributed by atoms with Crippen molar-refractivity contribution in [3.63, 3.8) is 0 Å². The van der Waals surface area contributed by atoms with Crippen molar-refractivity contribution in [3.8, 4) is 0 Å². The van der Waals surface area contributed by atoms with Gasteiger partial charge < -0.3 is 18.6 Å². The number of nitrogens with zero attached hydrogens (tertiary/aromatic N) is 3. The Morgan fingerprint density at radius 2 is 1.94 bits per heavy atom. The topological polar surface area (TPSA) is 94.6 Å². The fourth-order valence-corrected chi connectivity index (χ4v) is 5.91. The molecule has 0 unspecified atom stereocenters. The van der Waals surface area contributed by atoms with Gasteiger partial charge in [0.2, 0.25) is 20.9 Å². The van der Waals surface area contributed by atoms with Crippen LogP contribution in [0.15, 0.2) is 58.4 Å². The Morgan fingerprint density at radius 1 is 1.14 bits per heavy atom. The second-order valence-corrected chi connectivity index (χ2v) is 11.1. The molecule has 1 atom stereocenters. The first kappa shape index (κ1) is 23.7. The van der Waals surface area contributed by atoms with E-state index in [0.717, 1.165) is 25.7 Å². The number of sulfone groups is 1. The summed E-state index contributed by atoms with van der Waals surface area (Å²) in [5.74, 6) is -0.0337. The van der Waals surface area contributed by atoms with Crippen LogP contribution in [0.2, 0.25) is 0 Å². The van der Waals surface area contributed by atoms with E-state index in [1.165, 1.54) is 30.5 Å². The zero-order valence-corrected chi connectivity index (χ0v) is 20.1. The number of halogens is 1. The van der Waals surface area contributed by atoms with E-state index in [4.69, 9.17) is 9.15 Å². The Hall–Kier alpha value is -2.98. The third-order valence-electron chi connectivity index (χ3n) is 6.38. The molecule has 1 saturated carbocycles. The summed E-state index contributed by atoms with van der Waals surface area (Å²) < 4.78 is 53.0. The molecule has 1 aromatic carbocycles. The molecule has 186 valence electrons. The van der Waals surface area contributed by atoms with Crippen LogP contribution in [0.5, 0.6) is 0 Å². The van der Waals surface area contributed by atoms with Crippen molar-refractivity contribution >= 4 is 15.7 Å². The van der Waals surface area contributed by atoms with Crippen LogP contribution in [-0.2, 0) is 44.8 Å². The van der Waals surface area contributed by atoms with Gasteiger partial charge >= 0.3 is 0 Å². The number of ether oxygens (including phenoxy) is 1. The van der Waals surface area contributed by atoms with Crippen LogP contribution in [0.4, 0.5) is 4.39 Å². The molecular formula is C25H28FN3O5S. The van der Waals surface area contributed by atoms with E-state index in [1.807, 2.05) is 6.07 Å². The first-order valence-electron chi connectivity index (χ1n) is 11.8. The first-order chi connectivity index (χ1) is 16.9. The highest BCUT2D eigenvalue weighted by Crippen LogP contribution is 2.32. The number of amides is 1. The summed E-state index contributed by atoms with van der Waals surface area (Å²) in [4.78, 5) is 19.0. The molecule has 0 spiro atoms. The maximum absolute atomic E-state index is 13.4. The number of rotatable bonds is 10. The molecule has 0 N–H and O–H groups in total. The molecule has 5 rings (SSSR count). The zero-order chi connectivity index (χ0) is 24.4. The lowest BCUT2D eigenvalue weighted by molar-refractivity contribution is -0.134. The van der Waals surface area contributed by atoms with Crippen molar-refractivity contribution in [2.24, 2.45) is 5.92 Å². The number of hydrogen-bond donors (Lipinski definition) is 0. The minimum atomic E-state index is -3.84. The molecule has 35 heavy (non-hydrogen) atoms. The third-order valence-corrected chi connectivity index (χ3v) is 7.97. The number of aromatic nitrogens is 2. The number of benzene rings is 1. The van der Waals surface area contributed by atoms with E-state index in [9.17, 15) is 17.6 Å². The standard InChI is InChI=1S/C25H28FN3O5S/c26-20-9-5-18(6-10-20)17-35(31,32)25-27-13-21(29(25)16-23-4-2-12-34-23)14-28(24(30)19-7-8-19)15-22-3-1-11-33-22/h1,3,5-6,9-11,13,19,23H,2,4,7-8,12,14-17H2/t23-/m1/s1. The molecule has 1 saturated heterocycles. The fraction of sp³-hybridized carbons (Fsp3) is 0.440. The summed E-state index contributed by atoms with van der Waals surface area (Å²) in [6, 6.07) is 8.99.